The number of aliphatic hydroxyl groups excluding tert-OH is 1. The fraction of sp³-hybridized carbons (Fsp3) is 0.594. The van der Waals surface area contributed by atoms with E-state index in [1.807, 2.05) is 54.0 Å². The Hall–Kier alpha value is -2.58. The van der Waals surface area contributed by atoms with E-state index in [0.717, 1.165) is 31.2 Å². The summed E-state index contributed by atoms with van der Waals surface area (Å²) in [6, 6.07) is 7.97. The van der Waals surface area contributed by atoms with Crippen LogP contribution in [-0.4, -0.2) is 85.8 Å². The van der Waals surface area contributed by atoms with Gasteiger partial charge in [-0.3, -0.25) is 14.4 Å². The van der Waals surface area contributed by atoms with Crippen LogP contribution in [0, 0.1) is 11.8 Å². The molecule has 40 heavy (non-hydrogen) atoms. The average molecular weight is 568 g/mol. The normalized spacial score (nSPS) is 28.2. The number of likely N-dealkylation sites (tertiary alicyclic amines) is 1. The topological polar surface area (TPSA) is 81.2 Å². The summed E-state index contributed by atoms with van der Waals surface area (Å²) in [5.74, 6) is -1.41. The van der Waals surface area contributed by atoms with Gasteiger partial charge in [-0.25, -0.2) is 0 Å². The molecule has 218 valence electrons. The molecule has 0 saturated carbocycles. The van der Waals surface area contributed by atoms with Gasteiger partial charge in [0.05, 0.1) is 29.2 Å². The predicted molar refractivity (Wildman–Crippen MR) is 161 cm³/mol. The standard InChI is InChI=1S/C32H45N3O4S/c1-6-13-22(5)34(20-9-4)31(39)28-32-17-16-25(40-32)26(29(37)33(18-7-2)19-8-3)27(32)30(38)35(28)24(21-36)23-14-11-10-12-15-23/h7,9-12,14-15,22,24-28,36H,2,4,6,8,13,16-21H2,1,3,5H3/t22?,24-,25-,26+,27+,28?,32?/m1/s1. The first-order valence-electron chi connectivity index (χ1n) is 14.8. The van der Waals surface area contributed by atoms with Crippen LogP contribution < -0.4 is 0 Å². The zero-order chi connectivity index (χ0) is 29.0. The highest BCUT2D eigenvalue weighted by molar-refractivity contribution is 8.02. The summed E-state index contributed by atoms with van der Waals surface area (Å²) < 4.78 is -0.710. The SMILES string of the molecule is C=CCN(CCC)C(=O)[C@@H]1[C@H]2C(=O)N([C@H](CO)c3ccccc3)C(C(=O)N(CC=C)C(C)CCC)C23CC[C@H]1S3. The van der Waals surface area contributed by atoms with Gasteiger partial charge < -0.3 is 19.8 Å². The van der Waals surface area contributed by atoms with Crippen LogP contribution >= 0.6 is 11.8 Å². The van der Waals surface area contributed by atoms with Crippen molar-refractivity contribution in [3.8, 4) is 0 Å². The summed E-state index contributed by atoms with van der Waals surface area (Å²) in [4.78, 5) is 48.7. The zero-order valence-corrected chi connectivity index (χ0v) is 25.0. The maximum absolute atomic E-state index is 14.7. The Balaban J connectivity index is 1.83. The van der Waals surface area contributed by atoms with E-state index < -0.39 is 28.7 Å². The summed E-state index contributed by atoms with van der Waals surface area (Å²) >= 11 is 1.68. The van der Waals surface area contributed by atoms with Gasteiger partial charge in [0.1, 0.15) is 6.04 Å². The van der Waals surface area contributed by atoms with Gasteiger partial charge in [0.15, 0.2) is 0 Å². The minimum Gasteiger partial charge on any atom is -0.394 e. The third-order valence-electron chi connectivity index (χ3n) is 8.95. The molecule has 7 atom stereocenters. The van der Waals surface area contributed by atoms with E-state index in [4.69, 9.17) is 0 Å². The van der Waals surface area contributed by atoms with Crippen molar-refractivity contribution in [1.82, 2.24) is 14.7 Å². The lowest BCUT2D eigenvalue weighted by molar-refractivity contribution is -0.148. The second kappa shape index (κ2) is 12.9. The van der Waals surface area contributed by atoms with Crippen LogP contribution in [0.1, 0.15) is 64.5 Å². The minimum atomic E-state index is -0.770. The van der Waals surface area contributed by atoms with Gasteiger partial charge >= 0.3 is 0 Å². The number of amides is 3. The lowest BCUT2D eigenvalue weighted by atomic mass is 9.70. The molecule has 0 aromatic heterocycles. The molecule has 0 radical (unpaired) electrons. The second-order valence-electron chi connectivity index (χ2n) is 11.4. The molecule has 7 nitrogen and oxygen atoms in total. The highest BCUT2D eigenvalue weighted by Crippen LogP contribution is 2.67. The zero-order valence-electron chi connectivity index (χ0n) is 24.2. The maximum Gasteiger partial charge on any atom is 0.247 e. The van der Waals surface area contributed by atoms with Crippen molar-refractivity contribution in [3.05, 3.63) is 61.2 Å². The Morgan fingerprint density at radius 2 is 1.85 bits per heavy atom. The van der Waals surface area contributed by atoms with Gasteiger partial charge in [-0.15, -0.1) is 24.9 Å². The number of aliphatic hydroxyl groups is 1. The first kappa shape index (κ1) is 30.4. The first-order valence-corrected chi connectivity index (χ1v) is 15.7. The van der Waals surface area contributed by atoms with Gasteiger partial charge in [-0.05, 0) is 38.2 Å². The summed E-state index contributed by atoms with van der Waals surface area (Å²) in [5, 5.41) is 10.7. The number of fused-ring (bicyclic) bond motifs is 1. The molecular formula is C32H45N3O4S. The van der Waals surface area contributed by atoms with Crippen molar-refractivity contribution in [2.24, 2.45) is 11.8 Å². The summed E-state index contributed by atoms with van der Waals surface area (Å²) in [6.45, 7) is 15.0. The van der Waals surface area contributed by atoms with E-state index in [0.29, 0.717) is 26.1 Å². The number of rotatable bonds is 14. The fourth-order valence-corrected chi connectivity index (χ4v) is 9.49. The van der Waals surface area contributed by atoms with Gasteiger partial charge in [0.25, 0.3) is 0 Å². The smallest absolute Gasteiger partial charge is 0.247 e. The van der Waals surface area contributed by atoms with Crippen molar-refractivity contribution in [2.75, 3.05) is 26.2 Å². The molecule has 3 saturated heterocycles. The number of nitrogens with zero attached hydrogens (tertiary/aromatic N) is 3. The van der Waals surface area contributed by atoms with Crippen LogP contribution in [0.5, 0.6) is 0 Å². The Bertz CT molecular complexity index is 1100. The molecule has 3 aliphatic rings. The molecule has 3 heterocycles. The third-order valence-corrected chi connectivity index (χ3v) is 10.9. The number of benzene rings is 1. The van der Waals surface area contributed by atoms with Crippen LogP contribution in [0.2, 0.25) is 0 Å². The Morgan fingerprint density at radius 3 is 2.45 bits per heavy atom. The van der Waals surface area contributed by atoms with E-state index in [2.05, 4.69) is 20.1 Å². The van der Waals surface area contributed by atoms with Gasteiger partial charge in [-0.1, -0.05) is 62.8 Å². The van der Waals surface area contributed by atoms with Crippen molar-refractivity contribution < 1.29 is 19.5 Å². The molecule has 8 heteroatoms. The second-order valence-corrected chi connectivity index (χ2v) is 13.0. The van der Waals surface area contributed by atoms with Crippen LogP contribution in [0.4, 0.5) is 0 Å². The monoisotopic (exact) mass is 567 g/mol. The van der Waals surface area contributed by atoms with E-state index >= 15 is 0 Å². The summed E-state index contributed by atoms with van der Waals surface area (Å²) in [7, 11) is 0. The van der Waals surface area contributed by atoms with Gasteiger partial charge in [0, 0.05) is 30.9 Å². The Labute approximate surface area is 243 Å². The molecule has 3 fully saturated rings. The molecule has 1 aromatic carbocycles. The summed E-state index contributed by atoms with van der Waals surface area (Å²) in [5.41, 5.74) is 0.783. The average Bonchev–Trinajstić information content (AvgIpc) is 3.60. The van der Waals surface area contributed by atoms with E-state index in [-0.39, 0.29) is 35.6 Å². The molecule has 3 unspecified atom stereocenters. The first-order chi connectivity index (χ1) is 19.3. The molecule has 3 aliphatic heterocycles. The van der Waals surface area contributed by atoms with Crippen molar-refractivity contribution in [2.45, 2.75) is 81.0 Å². The Kier molecular flexibility index (Phi) is 9.83. The quantitative estimate of drug-likeness (QED) is 0.336. The van der Waals surface area contributed by atoms with Gasteiger partial charge in [0.2, 0.25) is 17.7 Å². The van der Waals surface area contributed by atoms with Crippen molar-refractivity contribution in [3.63, 3.8) is 0 Å². The van der Waals surface area contributed by atoms with Gasteiger partial charge in [-0.2, -0.15) is 0 Å². The van der Waals surface area contributed by atoms with E-state index in [1.54, 1.807) is 28.8 Å². The predicted octanol–water partition coefficient (Wildman–Crippen LogP) is 4.44. The molecule has 2 bridgehead atoms. The molecule has 4 rings (SSSR count). The van der Waals surface area contributed by atoms with Crippen LogP contribution in [0.3, 0.4) is 0 Å². The molecule has 1 spiro atoms. The lowest BCUT2D eigenvalue weighted by Gasteiger charge is -2.41. The molecule has 3 amide bonds. The number of thioether (sulfide) groups is 1. The largest absolute Gasteiger partial charge is 0.394 e. The third kappa shape index (κ3) is 5.13. The fourth-order valence-electron chi connectivity index (χ4n) is 7.30. The Morgan fingerprint density at radius 1 is 1.15 bits per heavy atom. The number of carbonyl (C=O) groups excluding carboxylic acids is 3. The van der Waals surface area contributed by atoms with Crippen molar-refractivity contribution in [1.29, 1.82) is 0 Å². The number of hydrogen-bond donors (Lipinski definition) is 1. The molecule has 1 N–H and O–H groups in total. The highest BCUT2D eigenvalue weighted by Gasteiger charge is 2.74. The number of carbonyl (C=O) groups is 3. The molecular weight excluding hydrogens is 522 g/mol. The highest BCUT2D eigenvalue weighted by atomic mass is 32.2. The number of hydrogen-bond acceptors (Lipinski definition) is 5. The van der Waals surface area contributed by atoms with Crippen LogP contribution in [0.25, 0.3) is 0 Å². The van der Waals surface area contributed by atoms with Crippen LogP contribution in [0.15, 0.2) is 55.6 Å². The van der Waals surface area contributed by atoms with E-state index in [1.165, 1.54) is 0 Å². The van der Waals surface area contributed by atoms with Crippen molar-refractivity contribution >= 4 is 29.5 Å². The molecule has 0 aliphatic carbocycles. The minimum absolute atomic E-state index is 0.00621. The van der Waals surface area contributed by atoms with E-state index in [9.17, 15) is 19.5 Å². The summed E-state index contributed by atoms with van der Waals surface area (Å²) in [6.07, 6.45) is 7.54. The van der Waals surface area contributed by atoms with Crippen LogP contribution in [-0.2, 0) is 14.4 Å². The molecule has 1 aromatic rings. The lowest BCUT2D eigenvalue weighted by Crippen LogP contribution is -2.57. The maximum atomic E-state index is 14.7.